The van der Waals surface area contributed by atoms with Gasteiger partial charge in [0.2, 0.25) is 0 Å². The zero-order valence-electron chi connectivity index (χ0n) is 33.1. The van der Waals surface area contributed by atoms with Crippen molar-refractivity contribution >= 4 is 45.8 Å². The molecule has 3 aromatic carbocycles. The van der Waals surface area contributed by atoms with Crippen LogP contribution >= 0.6 is 0 Å². The number of rotatable bonds is 12. The third-order valence-electron chi connectivity index (χ3n) is 11.4. The topological polar surface area (TPSA) is 172 Å². The molecule has 5 aromatic rings. The summed E-state index contributed by atoms with van der Waals surface area (Å²) >= 11 is 0. The molecule has 302 valence electrons. The highest BCUT2D eigenvalue weighted by Crippen LogP contribution is 2.40. The van der Waals surface area contributed by atoms with E-state index in [1.807, 2.05) is 36.4 Å². The molecule has 0 aliphatic carbocycles. The van der Waals surface area contributed by atoms with Crippen molar-refractivity contribution in [2.45, 2.75) is 25.7 Å². The van der Waals surface area contributed by atoms with Gasteiger partial charge >= 0.3 is 0 Å². The number of aliphatic imine (C=N–C) groups is 2. The SMILES string of the molecule is COc1cc(-c2nc3ccc(C(=O)NCCN4CCCN5CCCN=C54)cc3[nH]2)c(OC)cc1-c1nc2ccc(C(=O)NCCN3CCCN4CCCN=C43)cc2[nH]1. The van der Waals surface area contributed by atoms with Crippen LogP contribution in [0.1, 0.15) is 46.4 Å². The van der Waals surface area contributed by atoms with E-state index in [1.54, 1.807) is 26.4 Å². The average Bonchev–Trinajstić information content (AvgIpc) is 3.90. The Morgan fingerprint density at radius 1 is 0.621 bits per heavy atom. The fourth-order valence-electron chi connectivity index (χ4n) is 8.47. The summed E-state index contributed by atoms with van der Waals surface area (Å²) in [6.07, 6.45) is 4.40. The number of amides is 2. The predicted octanol–water partition coefficient (Wildman–Crippen LogP) is 3.78. The van der Waals surface area contributed by atoms with Crippen molar-refractivity contribution in [2.24, 2.45) is 9.98 Å². The van der Waals surface area contributed by atoms with Gasteiger partial charge in [-0.3, -0.25) is 19.6 Å². The molecule has 0 unspecified atom stereocenters. The van der Waals surface area contributed by atoms with Gasteiger partial charge in [0, 0.05) is 89.7 Å². The molecule has 4 aliphatic rings. The highest BCUT2D eigenvalue weighted by molar-refractivity contribution is 5.99. The lowest BCUT2D eigenvalue weighted by atomic mass is 10.1. The number of nitrogens with one attached hydrogen (secondary N) is 4. The van der Waals surface area contributed by atoms with Crippen molar-refractivity contribution < 1.29 is 19.1 Å². The molecule has 4 N–H and O–H groups in total. The summed E-state index contributed by atoms with van der Waals surface area (Å²) in [6.45, 7) is 10.3. The van der Waals surface area contributed by atoms with Gasteiger partial charge in [0.15, 0.2) is 11.9 Å². The lowest BCUT2D eigenvalue weighted by molar-refractivity contribution is 0.0942. The maximum absolute atomic E-state index is 13.2. The van der Waals surface area contributed by atoms with E-state index < -0.39 is 0 Å². The van der Waals surface area contributed by atoms with Crippen LogP contribution in [0.5, 0.6) is 11.5 Å². The monoisotopic (exact) mass is 786 g/mol. The minimum absolute atomic E-state index is 0.140. The lowest BCUT2D eigenvalue weighted by Crippen LogP contribution is -2.53. The van der Waals surface area contributed by atoms with Crippen LogP contribution in [0.25, 0.3) is 44.8 Å². The smallest absolute Gasteiger partial charge is 0.251 e. The number of aromatic nitrogens is 4. The van der Waals surface area contributed by atoms with Crippen LogP contribution in [-0.4, -0.2) is 156 Å². The molecule has 2 aromatic heterocycles. The van der Waals surface area contributed by atoms with Crippen molar-refractivity contribution in [3.8, 4) is 34.3 Å². The molecule has 2 saturated heterocycles. The molecule has 4 aliphatic heterocycles. The van der Waals surface area contributed by atoms with E-state index in [9.17, 15) is 9.59 Å². The van der Waals surface area contributed by atoms with Crippen molar-refractivity contribution in [3.63, 3.8) is 0 Å². The maximum Gasteiger partial charge on any atom is 0.251 e. The Labute approximate surface area is 336 Å². The van der Waals surface area contributed by atoms with Crippen molar-refractivity contribution in [1.29, 1.82) is 0 Å². The number of imidazole rings is 2. The zero-order chi connectivity index (χ0) is 39.6. The Morgan fingerprint density at radius 3 is 1.52 bits per heavy atom. The third-order valence-corrected chi connectivity index (χ3v) is 11.4. The second-order valence-electron chi connectivity index (χ2n) is 15.1. The molecule has 6 heterocycles. The van der Waals surface area contributed by atoms with E-state index in [-0.39, 0.29) is 11.8 Å². The van der Waals surface area contributed by atoms with Crippen molar-refractivity contribution in [2.75, 3.05) is 92.8 Å². The van der Waals surface area contributed by atoms with Gasteiger partial charge in [0.05, 0.1) is 47.4 Å². The summed E-state index contributed by atoms with van der Waals surface area (Å²) < 4.78 is 11.8. The number of aromatic amines is 2. The van der Waals surface area contributed by atoms with Gasteiger partial charge in [-0.05, 0) is 74.2 Å². The number of H-pyrrole nitrogens is 2. The first-order valence-corrected chi connectivity index (χ1v) is 20.4. The molecular formula is C42H50N12O4. The fourth-order valence-corrected chi connectivity index (χ4v) is 8.47. The fraction of sp³-hybridized carbons (Fsp3) is 0.429. The Balaban J connectivity index is 0.876. The van der Waals surface area contributed by atoms with Crippen LogP contribution in [0.4, 0.5) is 0 Å². The van der Waals surface area contributed by atoms with E-state index in [2.05, 4.69) is 40.2 Å². The molecule has 0 atom stereocenters. The van der Waals surface area contributed by atoms with E-state index >= 15 is 0 Å². The van der Waals surface area contributed by atoms with Gasteiger partial charge in [-0.2, -0.15) is 0 Å². The number of methoxy groups -OCH3 is 2. The molecule has 0 radical (unpaired) electrons. The van der Waals surface area contributed by atoms with Crippen molar-refractivity contribution in [3.05, 3.63) is 59.7 Å². The molecule has 2 fully saturated rings. The molecule has 2 amide bonds. The summed E-state index contributed by atoms with van der Waals surface area (Å²) in [4.78, 5) is 61.6. The maximum atomic E-state index is 13.2. The van der Waals surface area contributed by atoms with Gasteiger partial charge in [0.25, 0.3) is 11.8 Å². The Bertz CT molecular complexity index is 2240. The van der Waals surface area contributed by atoms with E-state index in [0.29, 0.717) is 69.5 Å². The Morgan fingerprint density at radius 2 is 1.07 bits per heavy atom. The summed E-state index contributed by atoms with van der Waals surface area (Å²) in [5, 5.41) is 6.17. The molecule has 16 heteroatoms. The first kappa shape index (κ1) is 37.3. The third kappa shape index (κ3) is 7.45. The number of hydrogen-bond acceptors (Lipinski definition) is 12. The Hall–Kier alpha value is -6.32. The van der Waals surface area contributed by atoms with Crippen LogP contribution < -0.4 is 20.1 Å². The minimum Gasteiger partial charge on any atom is -0.496 e. The van der Waals surface area contributed by atoms with E-state index in [1.165, 1.54) is 0 Å². The highest BCUT2D eigenvalue weighted by Gasteiger charge is 2.27. The van der Waals surface area contributed by atoms with E-state index in [0.717, 1.165) is 114 Å². The summed E-state index contributed by atoms with van der Waals surface area (Å²) in [5.74, 6) is 4.11. The number of nitrogens with zero attached hydrogens (tertiary/aromatic N) is 8. The lowest BCUT2D eigenvalue weighted by Gasteiger charge is -2.41. The van der Waals surface area contributed by atoms with Gasteiger partial charge in [-0.15, -0.1) is 0 Å². The predicted molar refractivity (Wildman–Crippen MR) is 224 cm³/mol. The van der Waals surface area contributed by atoms with Gasteiger partial charge in [-0.1, -0.05) is 0 Å². The first-order chi connectivity index (χ1) is 28.4. The molecule has 16 nitrogen and oxygen atoms in total. The van der Waals surface area contributed by atoms with Crippen LogP contribution in [0.3, 0.4) is 0 Å². The molecular weight excluding hydrogens is 737 g/mol. The summed E-state index contributed by atoms with van der Waals surface area (Å²) in [7, 11) is 3.21. The molecule has 0 spiro atoms. The van der Waals surface area contributed by atoms with Crippen LogP contribution in [0.15, 0.2) is 58.5 Å². The normalized spacial score (nSPS) is 16.8. The second-order valence-corrected chi connectivity index (χ2v) is 15.1. The number of carbonyl (C=O) groups is 2. The van der Waals surface area contributed by atoms with E-state index in [4.69, 9.17) is 29.4 Å². The summed E-state index contributed by atoms with van der Waals surface area (Å²) in [6, 6.07) is 14.7. The molecule has 0 saturated carbocycles. The van der Waals surface area contributed by atoms with Gasteiger partial charge in [-0.25, -0.2) is 9.97 Å². The van der Waals surface area contributed by atoms with Gasteiger partial charge in [0.1, 0.15) is 23.1 Å². The quantitative estimate of drug-likeness (QED) is 0.146. The minimum atomic E-state index is -0.140. The molecule has 9 rings (SSSR count). The van der Waals surface area contributed by atoms with Crippen LogP contribution in [-0.2, 0) is 0 Å². The number of benzene rings is 3. The first-order valence-electron chi connectivity index (χ1n) is 20.4. The van der Waals surface area contributed by atoms with Gasteiger partial charge < -0.3 is 49.7 Å². The molecule has 58 heavy (non-hydrogen) atoms. The Kier molecular flexibility index (Phi) is 10.5. The average molecular weight is 787 g/mol. The number of ether oxygens (including phenoxy) is 2. The number of guanidine groups is 2. The molecule has 0 bridgehead atoms. The number of carbonyl (C=O) groups excluding carboxylic acids is 2. The van der Waals surface area contributed by atoms with Crippen LogP contribution in [0.2, 0.25) is 0 Å². The zero-order valence-corrected chi connectivity index (χ0v) is 33.1. The van der Waals surface area contributed by atoms with Crippen LogP contribution in [0, 0.1) is 0 Å². The largest absolute Gasteiger partial charge is 0.496 e. The highest BCUT2D eigenvalue weighted by atomic mass is 16.5. The number of fused-ring (bicyclic) bond motifs is 4. The summed E-state index contributed by atoms with van der Waals surface area (Å²) in [5.41, 5.74) is 5.36. The van der Waals surface area contributed by atoms with Crippen molar-refractivity contribution in [1.82, 2.24) is 50.2 Å². The number of hydrogen-bond donors (Lipinski definition) is 4. The second kappa shape index (κ2) is 16.3. The standard InChI is InChI=1S/C42H50N12O4/c1-57-35-25-30(38-48-32-10-8-28(24-34(32)50-38)40(56)44-14-22-54-20-6-18-52-16-4-12-46-42(52)54)36(58-2)26-29(35)37-47-31-9-7-27(23-33(31)49-37)39(55)43-13-21-53-19-5-17-51-15-3-11-45-41(51)53/h7-10,23-26H,3-6,11-22H2,1-2H3,(H,43,55)(H,44,56)(H,47,49)(H,48,50).